The summed E-state index contributed by atoms with van der Waals surface area (Å²) in [5.41, 5.74) is 5.98. The maximum Gasteiger partial charge on any atom is 0.311 e. The van der Waals surface area contributed by atoms with Crippen molar-refractivity contribution in [3.63, 3.8) is 0 Å². The van der Waals surface area contributed by atoms with E-state index in [4.69, 9.17) is 10.5 Å². The number of carbonyl (C=O) groups is 3. The molecule has 2 amide bonds. The number of nitrogens with two attached hydrogens (primary N) is 1. The van der Waals surface area contributed by atoms with E-state index >= 15 is 0 Å². The van der Waals surface area contributed by atoms with Gasteiger partial charge in [0.05, 0.1) is 11.5 Å². The Labute approximate surface area is 194 Å². The number of benzene rings is 1. The number of anilines is 1. The topological polar surface area (TPSA) is 148 Å². The van der Waals surface area contributed by atoms with Gasteiger partial charge in [-0.2, -0.15) is 8.42 Å². The summed E-state index contributed by atoms with van der Waals surface area (Å²) in [6, 6.07) is 8.08. The maximum absolute atomic E-state index is 12.8. The number of thiophene rings is 1. The number of nitrogens with one attached hydrogen (secondary N) is 1. The number of amides is 2. The number of fused-ring (bicyclic) bond motifs is 1. The summed E-state index contributed by atoms with van der Waals surface area (Å²) in [6.07, 6.45) is 0.0848. The quantitative estimate of drug-likeness (QED) is 0.605. The molecule has 0 spiro atoms. The molecule has 3 heterocycles. The Bertz CT molecular complexity index is 1250. The maximum atomic E-state index is 12.8. The predicted octanol–water partition coefficient (Wildman–Crippen LogP) is 1.58. The molecule has 0 aliphatic carbocycles. The van der Waals surface area contributed by atoms with E-state index in [1.165, 1.54) is 19.1 Å². The zero-order valence-corrected chi connectivity index (χ0v) is 19.3. The fraction of sp³-hybridized carbons (Fsp3) is 0.333. The number of piperidine rings is 1. The van der Waals surface area contributed by atoms with Crippen LogP contribution < -0.4 is 11.1 Å². The predicted molar refractivity (Wildman–Crippen MR) is 121 cm³/mol. The third-order valence-electron chi connectivity index (χ3n) is 5.50. The Balaban J connectivity index is 1.41. The SMILES string of the molecule is C[C@@H](OC(=O)[C@H]1CCCN(C2=NS(=O)(=O)c3ccccc32)C1)C(=O)Nc1sccc1C(N)=O. The van der Waals surface area contributed by atoms with Gasteiger partial charge in [0.15, 0.2) is 11.9 Å². The van der Waals surface area contributed by atoms with Gasteiger partial charge in [0.1, 0.15) is 9.90 Å². The van der Waals surface area contributed by atoms with Gasteiger partial charge in [-0.05, 0) is 43.3 Å². The number of rotatable bonds is 5. The van der Waals surface area contributed by atoms with Gasteiger partial charge >= 0.3 is 5.97 Å². The molecule has 174 valence electrons. The highest BCUT2D eigenvalue weighted by atomic mass is 32.2. The summed E-state index contributed by atoms with van der Waals surface area (Å²) in [5, 5.41) is 4.47. The average Bonchev–Trinajstić information content (AvgIpc) is 3.36. The molecule has 1 aromatic heterocycles. The lowest BCUT2D eigenvalue weighted by Crippen LogP contribution is -2.44. The van der Waals surface area contributed by atoms with Crippen LogP contribution in [-0.4, -0.2) is 56.1 Å². The molecule has 0 radical (unpaired) electrons. The van der Waals surface area contributed by atoms with Crippen LogP contribution in [0.4, 0.5) is 5.00 Å². The first kappa shape index (κ1) is 22.9. The fourth-order valence-corrected chi connectivity index (χ4v) is 5.84. The molecule has 1 aromatic carbocycles. The average molecular weight is 491 g/mol. The molecular formula is C21H22N4O6S2. The van der Waals surface area contributed by atoms with Gasteiger partial charge < -0.3 is 20.7 Å². The lowest BCUT2D eigenvalue weighted by Gasteiger charge is -2.33. The van der Waals surface area contributed by atoms with Crippen molar-refractivity contribution >= 4 is 50.0 Å². The van der Waals surface area contributed by atoms with Crippen LogP contribution in [0.5, 0.6) is 0 Å². The highest BCUT2D eigenvalue weighted by Gasteiger charge is 2.36. The molecule has 2 aliphatic heterocycles. The molecule has 0 bridgehead atoms. The van der Waals surface area contributed by atoms with Crippen molar-refractivity contribution in [2.75, 3.05) is 18.4 Å². The van der Waals surface area contributed by atoms with Crippen molar-refractivity contribution in [2.24, 2.45) is 16.0 Å². The van der Waals surface area contributed by atoms with Crippen LogP contribution in [0.25, 0.3) is 0 Å². The Morgan fingerprint density at radius 3 is 2.79 bits per heavy atom. The number of carbonyl (C=O) groups excluding carboxylic acids is 3. The van der Waals surface area contributed by atoms with Gasteiger partial charge in [0.2, 0.25) is 0 Å². The highest BCUT2D eigenvalue weighted by molar-refractivity contribution is 7.90. The van der Waals surface area contributed by atoms with Crippen molar-refractivity contribution in [1.29, 1.82) is 0 Å². The molecule has 0 saturated carbocycles. The largest absolute Gasteiger partial charge is 0.452 e. The molecule has 1 fully saturated rings. The molecule has 10 nitrogen and oxygen atoms in total. The number of esters is 1. The Morgan fingerprint density at radius 2 is 2.03 bits per heavy atom. The van der Waals surface area contributed by atoms with Crippen LogP contribution in [0, 0.1) is 5.92 Å². The molecule has 2 aliphatic rings. The van der Waals surface area contributed by atoms with Gasteiger partial charge in [-0.15, -0.1) is 15.7 Å². The van der Waals surface area contributed by atoms with Crippen LogP contribution in [0.2, 0.25) is 0 Å². The minimum absolute atomic E-state index is 0.152. The van der Waals surface area contributed by atoms with Crippen LogP contribution in [0.15, 0.2) is 45.0 Å². The number of likely N-dealkylation sites (tertiary alicyclic amines) is 1. The standard InChI is InChI=1S/C21H22N4O6S2/c1-12(19(27)23-20-15(17(22)26)8-10-32-20)31-21(28)13-5-4-9-25(11-13)18-14-6-2-3-7-16(14)33(29,30)24-18/h2-3,6-8,10,12-13H,4-5,9,11H2,1H3,(H2,22,26)(H,23,27)/t12-,13+/m1/s1. The third kappa shape index (κ3) is 4.62. The molecule has 12 heteroatoms. The lowest BCUT2D eigenvalue weighted by molar-refractivity contribution is -0.158. The Kier molecular flexibility index (Phi) is 6.21. The number of hydrogen-bond donors (Lipinski definition) is 2. The van der Waals surface area contributed by atoms with Gasteiger partial charge in [0, 0.05) is 18.7 Å². The van der Waals surface area contributed by atoms with E-state index < -0.39 is 39.8 Å². The van der Waals surface area contributed by atoms with Crippen LogP contribution in [-0.2, 0) is 24.3 Å². The minimum Gasteiger partial charge on any atom is -0.452 e. The fourth-order valence-electron chi connectivity index (χ4n) is 3.82. The second-order valence-electron chi connectivity index (χ2n) is 7.77. The van der Waals surface area contributed by atoms with Gasteiger partial charge in [-0.25, -0.2) is 0 Å². The van der Waals surface area contributed by atoms with Gasteiger partial charge in [-0.1, -0.05) is 12.1 Å². The smallest absolute Gasteiger partial charge is 0.311 e. The van der Waals surface area contributed by atoms with Crippen molar-refractivity contribution < 1.29 is 27.5 Å². The van der Waals surface area contributed by atoms with E-state index in [0.717, 1.165) is 11.3 Å². The summed E-state index contributed by atoms with van der Waals surface area (Å²) < 4.78 is 34.0. The second-order valence-corrected chi connectivity index (χ2v) is 10.3. The van der Waals surface area contributed by atoms with Crippen molar-refractivity contribution in [1.82, 2.24) is 4.90 Å². The summed E-state index contributed by atoms with van der Waals surface area (Å²) in [4.78, 5) is 38.6. The van der Waals surface area contributed by atoms with Gasteiger partial charge in [0.25, 0.3) is 21.8 Å². The number of hydrogen-bond acceptors (Lipinski definition) is 8. The first-order valence-electron chi connectivity index (χ1n) is 10.3. The molecule has 0 unspecified atom stereocenters. The lowest BCUT2D eigenvalue weighted by atomic mass is 9.97. The van der Waals surface area contributed by atoms with Crippen LogP contribution in [0.3, 0.4) is 0 Å². The summed E-state index contributed by atoms with van der Waals surface area (Å²) >= 11 is 1.14. The number of primary amides is 1. The van der Waals surface area contributed by atoms with Crippen LogP contribution >= 0.6 is 11.3 Å². The Morgan fingerprint density at radius 1 is 1.27 bits per heavy atom. The molecule has 3 N–H and O–H groups in total. The minimum atomic E-state index is -3.76. The highest BCUT2D eigenvalue weighted by Crippen LogP contribution is 2.30. The number of ether oxygens (including phenoxy) is 1. The van der Waals surface area contributed by atoms with E-state index in [9.17, 15) is 22.8 Å². The van der Waals surface area contributed by atoms with E-state index in [1.807, 2.05) is 0 Å². The van der Waals surface area contributed by atoms with Crippen molar-refractivity contribution in [2.45, 2.75) is 30.8 Å². The van der Waals surface area contributed by atoms with E-state index in [2.05, 4.69) is 9.71 Å². The molecule has 1 saturated heterocycles. The normalized spacial score (nSPS) is 19.8. The third-order valence-corrected chi connectivity index (χ3v) is 7.65. The van der Waals surface area contributed by atoms with Crippen molar-refractivity contribution in [3.8, 4) is 0 Å². The molecule has 4 rings (SSSR count). The summed E-state index contributed by atoms with van der Waals surface area (Å²) in [5.74, 6) is -2.03. The first-order valence-corrected chi connectivity index (χ1v) is 12.6. The number of nitrogens with zero attached hydrogens (tertiary/aromatic N) is 2. The number of sulfonamides is 1. The van der Waals surface area contributed by atoms with E-state index in [1.54, 1.807) is 28.5 Å². The van der Waals surface area contributed by atoms with Crippen molar-refractivity contribution in [3.05, 3.63) is 46.8 Å². The molecule has 2 atom stereocenters. The monoisotopic (exact) mass is 490 g/mol. The van der Waals surface area contributed by atoms with E-state index in [-0.39, 0.29) is 17.0 Å². The van der Waals surface area contributed by atoms with Gasteiger partial charge in [-0.3, -0.25) is 14.4 Å². The molecule has 33 heavy (non-hydrogen) atoms. The summed E-state index contributed by atoms with van der Waals surface area (Å²) in [7, 11) is -3.76. The summed E-state index contributed by atoms with van der Waals surface area (Å²) in [6.45, 7) is 2.22. The second kappa shape index (κ2) is 8.94. The molecule has 2 aromatic rings. The first-order chi connectivity index (χ1) is 15.7. The number of amidine groups is 1. The Hall–Kier alpha value is -3.25. The zero-order valence-electron chi connectivity index (χ0n) is 17.7. The van der Waals surface area contributed by atoms with E-state index in [0.29, 0.717) is 35.8 Å². The molecular weight excluding hydrogens is 468 g/mol. The van der Waals surface area contributed by atoms with Crippen LogP contribution in [0.1, 0.15) is 35.7 Å². The zero-order chi connectivity index (χ0) is 23.8.